The number of aryl methyl sites for hydroxylation is 1. The van der Waals surface area contributed by atoms with Gasteiger partial charge >= 0.3 is 0 Å². The van der Waals surface area contributed by atoms with Crippen LogP contribution in [0.5, 0.6) is 0 Å². The number of hydrogen-bond donors (Lipinski definition) is 1. The number of hydrogen-bond acceptors (Lipinski definition) is 4. The van der Waals surface area contributed by atoms with E-state index in [4.69, 9.17) is 0 Å². The molecule has 0 bridgehead atoms. The lowest BCUT2D eigenvalue weighted by molar-refractivity contribution is -0.120. The van der Waals surface area contributed by atoms with E-state index in [9.17, 15) is 13.2 Å². The van der Waals surface area contributed by atoms with Crippen LogP contribution in [-0.2, 0) is 21.1 Å². The van der Waals surface area contributed by atoms with Gasteiger partial charge in [0.2, 0.25) is 5.91 Å². The molecule has 1 rings (SSSR count). The summed E-state index contributed by atoms with van der Waals surface area (Å²) < 4.78 is 23.0. The van der Waals surface area contributed by atoms with Crippen molar-refractivity contribution in [1.82, 2.24) is 10.3 Å². The molecule has 1 heterocycles. The largest absolute Gasteiger partial charge is 0.355 e. The van der Waals surface area contributed by atoms with E-state index in [-0.39, 0.29) is 5.75 Å². The van der Waals surface area contributed by atoms with Crippen molar-refractivity contribution in [2.45, 2.75) is 31.9 Å². The second-order valence-corrected chi connectivity index (χ2v) is 6.92. The van der Waals surface area contributed by atoms with Crippen LogP contribution in [0.25, 0.3) is 0 Å². The minimum Gasteiger partial charge on any atom is -0.355 e. The van der Waals surface area contributed by atoms with Gasteiger partial charge in [-0.15, -0.1) is 0 Å². The Bertz CT molecular complexity index is 500. The fourth-order valence-corrected chi connectivity index (χ4v) is 2.49. The number of sulfone groups is 1. The van der Waals surface area contributed by atoms with Crippen molar-refractivity contribution in [3.05, 3.63) is 30.1 Å². The molecule has 0 saturated heterocycles. The lowest BCUT2D eigenvalue weighted by atomic mass is 10.2. The van der Waals surface area contributed by atoms with Crippen LogP contribution in [0.15, 0.2) is 24.4 Å². The van der Waals surface area contributed by atoms with Gasteiger partial charge in [-0.3, -0.25) is 9.78 Å². The molecule has 106 valence electrons. The number of carbonyl (C=O) groups excluding carboxylic acids is 1. The van der Waals surface area contributed by atoms with Crippen molar-refractivity contribution >= 4 is 15.7 Å². The highest BCUT2D eigenvalue weighted by molar-refractivity contribution is 7.92. The minimum absolute atomic E-state index is 0.0183. The summed E-state index contributed by atoms with van der Waals surface area (Å²) in [5.74, 6) is -0.446. The van der Waals surface area contributed by atoms with Gasteiger partial charge in [0.15, 0.2) is 9.84 Å². The van der Waals surface area contributed by atoms with E-state index >= 15 is 0 Å². The molecule has 5 nitrogen and oxygen atoms in total. The first-order chi connectivity index (χ1) is 8.97. The molecule has 1 atom stereocenters. The Labute approximate surface area is 114 Å². The van der Waals surface area contributed by atoms with Gasteiger partial charge in [-0.2, -0.15) is 0 Å². The third kappa shape index (κ3) is 4.98. The van der Waals surface area contributed by atoms with Crippen molar-refractivity contribution in [1.29, 1.82) is 0 Å². The van der Waals surface area contributed by atoms with Crippen LogP contribution in [0.2, 0.25) is 0 Å². The number of pyridine rings is 1. The molecule has 0 saturated carbocycles. The van der Waals surface area contributed by atoms with E-state index < -0.39 is 21.0 Å². The van der Waals surface area contributed by atoms with E-state index in [1.807, 2.05) is 18.2 Å². The zero-order chi connectivity index (χ0) is 14.3. The SMILES string of the molecule is CCS(=O)(=O)[C@@H](C)C(=O)NCCCc1ccccn1. The summed E-state index contributed by atoms with van der Waals surface area (Å²) in [6.07, 6.45) is 3.22. The summed E-state index contributed by atoms with van der Waals surface area (Å²) in [6.45, 7) is 3.42. The molecule has 1 aromatic heterocycles. The number of nitrogens with zero attached hydrogens (tertiary/aromatic N) is 1. The molecular formula is C13H20N2O3S. The molecule has 0 aromatic carbocycles. The Morgan fingerprint density at radius 3 is 2.74 bits per heavy atom. The lowest BCUT2D eigenvalue weighted by Gasteiger charge is -2.11. The topological polar surface area (TPSA) is 76.1 Å². The molecule has 1 aromatic rings. The van der Waals surface area contributed by atoms with Crippen LogP contribution in [0, 0.1) is 0 Å². The average molecular weight is 284 g/mol. The highest BCUT2D eigenvalue weighted by atomic mass is 32.2. The maximum atomic E-state index is 11.7. The van der Waals surface area contributed by atoms with Gasteiger partial charge in [0, 0.05) is 24.2 Å². The van der Waals surface area contributed by atoms with Crippen LogP contribution >= 0.6 is 0 Å². The Morgan fingerprint density at radius 1 is 1.42 bits per heavy atom. The van der Waals surface area contributed by atoms with Crippen molar-refractivity contribution < 1.29 is 13.2 Å². The van der Waals surface area contributed by atoms with Gasteiger partial charge in [-0.25, -0.2) is 8.42 Å². The molecular weight excluding hydrogens is 264 g/mol. The zero-order valence-corrected chi connectivity index (χ0v) is 12.1. The van der Waals surface area contributed by atoms with Crippen molar-refractivity contribution in [2.75, 3.05) is 12.3 Å². The highest BCUT2D eigenvalue weighted by Gasteiger charge is 2.25. The van der Waals surface area contributed by atoms with E-state index in [1.165, 1.54) is 6.92 Å². The molecule has 6 heteroatoms. The van der Waals surface area contributed by atoms with E-state index in [1.54, 1.807) is 13.1 Å². The number of aromatic nitrogens is 1. The Morgan fingerprint density at radius 2 is 2.16 bits per heavy atom. The first kappa shape index (κ1) is 15.6. The van der Waals surface area contributed by atoms with E-state index in [0.717, 1.165) is 18.5 Å². The van der Waals surface area contributed by atoms with Crippen LogP contribution in [0.1, 0.15) is 26.0 Å². The molecule has 0 aliphatic carbocycles. The van der Waals surface area contributed by atoms with Gasteiger partial charge in [-0.1, -0.05) is 13.0 Å². The maximum absolute atomic E-state index is 11.7. The Hall–Kier alpha value is -1.43. The quantitative estimate of drug-likeness (QED) is 0.756. The third-order valence-electron chi connectivity index (χ3n) is 2.95. The second kappa shape index (κ2) is 7.23. The van der Waals surface area contributed by atoms with Gasteiger partial charge in [-0.05, 0) is 31.9 Å². The molecule has 0 aliphatic heterocycles. The van der Waals surface area contributed by atoms with Crippen LogP contribution in [0.3, 0.4) is 0 Å². The molecule has 0 unspecified atom stereocenters. The Kier molecular flexibility index (Phi) is 5.95. The lowest BCUT2D eigenvalue weighted by Crippen LogP contribution is -2.39. The van der Waals surface area contributed by atoms with Gasteiger partial charge in [0.25, 0.3) is 0 Å². The smallest absolute Gasteiger partial charge is 0.238 e. The second-order valence-electron chi connectivity index (χ2n) is 4.31. The van der Waals surface area contributed by atoms with Crippen LogP contribution < -0.4 is 5.32 Å². The van der Waals surface area contributed by atoms with E-state index in [0.29, 0.717) is 6.54 Å². The van der Waals surface area contributed by atoms with Crippen molar-refractivity contribution in [3.8, 4) is 0 Å². The van der Waals surface area contributed by atoms with Gasteiger partial charge in [0.1, 0.15) is 5.25 Å². The summed E-state index contributed by atoms with van der Waals surface area (Å²) in [6, 6.07) is 5.69. The monoisotopic (exact) mass is 284 g/mol. The number of carbonyl (C=O) groups is 1. The molecule has 0 fully saturated rings. The fourth-order valence-electron chi connectivity index (χ4n) is 1.58. The minimum atomic E-state index is -3.31. The molecule has 0 radical (unpaired) electrons. The van der Waals surface area contributed by atoms with Crippen molar-refractivity contribution in [2.24, 2.45) is 0 Å². The highest BCUT2D eigenvalue weighted by Crippen LogP contribution is 2.02. The van der Waals surface area contributed by atoms with Crippen LogP contribution in [0.4, 0.5) is 0 Å². The molecule has 0 spiro atoms. The van der Waals surface area contributed by atoms with Gasteiger partial charge < -0.3 is 5.32 Å². The molecule has 19 heavy (non-hydrogen) atoms. The molecule has 1 amide bonds. The number of nitrogens with one attached hydrogen (secondary N) is 1. The third-order valence-corrected chi connectivity index (χ3v) is 5.04. The fraction of sp³-hybridized carbons (Fsp3) is 0.538. The Balaban J connectivity index is 2.32. The summed E-state index contributed by atoms with van der Waals surface area (Å²) in [5, 5.41) is 1.67. The van der Waals surface area contributed by atoms with Gasteiger partial charge in [0.05, 0.1) is 0 Å². The molecule has 1 N–H and O–H groups in total. The maximum Gasteiger partial charge on any atom is 0.238 e. The van der Waals surface area contributed by atoms with E-state index in [2.05, 4.69) is 10.3 Å². The normalized spacial score (nSPS) is 12.9. The standard InChI is InChI=1S/C13H20N2O3S/c1-3-19(17,18)11(2)13(16)15-10-6-8-12-7-4-5-9-14-12/h4-5,7,9,11H,3,6,8,10H2,1-2H3,(H,15,16)/t11-/m0/s1. The summed E-state index contributed by atoms with van der Waals surface area (Å²) in [4.78, 5) is 15.8. The predicted octanol–water partition coefficient (Wildman–Crippen LogP) is 0.954. The predicted molar refractivity (Wildman–Crippen MR) is 74.5 cm³/mol. The number of amides is 1. The first-order valence-corrected chi connectivity index (χ1v) is 8.08. The average Bonchev–Trinajstić information content (AvgIpc) is 2.43. The summed E-state index contributed by atoms with van der Waals surface area (Å²) in [7, 11) is -3.31. The summed E-state index contributed by atoms with van der Waals surface area (Å²) in [5.41, 5.74) is 0.964. The first-order valence-electron chi connectivity index (χ1n) is 6.36. The zero-order valence-electron chi connectivity index (χ0n) is 11.3. The van der Waals surface area contributed by atoms with Crippen molar-refractivity contribution in [3.63, 3.8) is 0 Å². The molecule has 0 aliphatic rings. The number of rotatable bonds is 7. The summed E-state index contributed by atoms with van der Waals surface area (Å²) >= 11 is 0. The van der Waals surface area contributed by atoms with Crippen LogP contribution in [-0.4, -0.2) is 36.9 Å².